The van der Waals surface area contributed by atoms with E-state index >= 15 is 0 Å². The average Bonchev–Trinajstić information content (AvgIpc) is 2.58. The summed E-state index contributed by atoms with van der Waals surface area (Å²) in [4.78, 5) is 2.27. The van der Waals surface area contributed by atoms with Crippen molar-refractivity contribution in [3.63, 3.8) is 0 Å². The molecule has 0 amide bonds. The molecular weight excluding hydrogens is 155 g/mol. The minimum Gasteiger partial charge on any atom is -0.361 e. The van der Waals surface area contributed by atoms with Gasteiger partial charge >= 0.3 is 0 Å². The Bertz CT molecular complexity index is 227. The highest BCUT2D eigenvalue weighted by Crippen LogP contribution is 2.22. The molecule has 0 aromatic carbocycles. The van der Waals surface area contributed by atoms with Crippen molar-refractivity contribution in [3.8, 4) is 0 Å². The number of rotatable bonds is 1. The first kappa shape index (κ1) is 7.80. The molecular formula is C9H13FN2. The third kappa shape index (κ3) is 1.50. The molecule has 1 fully saturated rings. The monoisotopic (exact) mass is 168 g/mol. The molecule has 0 saturated carbocycles. The normalized spacial score (nSPS) is 23.9. The lowest BCUT2D eigenvalue weighted by Crippen LogP contribution is -2.22. The summed E-state index contributed by atoms with van der Waals surface area (Å²) in [5, 5.41) is 3.25. The maximum atomic E-state index is 12.6. The van der Waals surface area contributed by atoms with Gasteiger partial charge in [0, 0.05) is 25.2 Å². The summed E-state index contributed by atoms with van der Waals surface area (Å²) < 4.78 is 12.6. The molecule has 1 saturated heterocycles. The molecule has 2 aliphatic rings. The highest BCUT2D eigenvalue weighted by Gasteiger charge is 2.15. The zero-order valence-electron chi connectivity index (χ0n) is 7.02. The maximum absolute atomic E-state index is 12.6. The van der Waals surface area contributed by atoms with E-state index in [-0.39, 0.29) is 5.83 Å². The minimum atomic E-state index is 0.00547. The first-order valence-corrected chi connectivity index (χ1v) is 4.37. The summed E-state index contributed by atoms with van der Waals surface area (Å²) in [6.07, 6.45) is 4.90. The van der Waals surface area contributed by atoms with E-state index < -0.39 is 0 Å². The van der Waals surface area contributed by atoms with Gasteiger partial charge in [-0.25, -0.2) is 4.39 Å². The lowest BCUT2D eigenvalue weighted by molar-refractivity contribution is 0.395. The Morgan fingerprint density at radius 2 is 2.25 bits per heavy atom. The van der Waals surface area contributed by atoms with Gasteiger partial charge in [-0.15, -0.1) is 0 Å². The molecule has 0 atom stereocenters. The number of nitrogens with one attached hydrogen (secondary N) is 1. The van der Waals surface area contributed by atoms with Crippen LogP contribution >= 0.6 is 0 Å². The third-order valence-corrected chi connectivity index (χ3v) is 2.34. The second-order valence-electron chi connectivity index (χ2n) is 3.19. The van der Waals surface area contributed by atoms with E-state index in [0.29, 0.717) is 6.42 Å². The van der Waals surface area contributed by atoms with Crippen LogP contribution in [0, 0.1) is 0 Å². The molecule has 12 heavy (non-hydrogen) atoms. The fourth-order valence-corrected chi connectivity index (χ4v) is 1.62. The predicted octanol–water partition coefficient (Wildman–Crippen LogP) is 1.38. The lowest BCUT2D eigenvalue weighted by Gasteiger charge is -2.22. The molecule has 0 radical (unpaired) electrons. The summed E-state index contributed by atoms with van der Waals surface area (Å²) in [6.45, 7) is 3.02. The van der Waals surface area contributed by atoms with Gasteiger partial charge in [-0.1, -0.05) is 0 Å². The average molecular weight is 168 g/mol. The van der Waals surface area contributed by atoms with Crippen LogP contribution in [0.4, 0.5) is 4.39 Å². The van der Waals surface area contributed by atoms with Crippen LogP contribution in [0.25, 0.3) is 0 Å². The van der Waals surface area contributed by atoms with Crippen molar-refractivity contribution in [2.24, 2.45) is 0 Å². The van der Waals surface area contributed by atoms with E-state index in [0.717, 1.165) is 26.2 Å². The van der Waals surface area contributed by atoms with Crippen LogP contribution in [-0.4, -0.2) is 24.7 Å². The van der Waals surface area contributed by atoms with Crippen LogP contribution in [0.15, 0.2) is 23.7 Å². The van der Waals surface area contributed by atoms with Crippen LogP contribution in [0.5, 0.6) is 0 Å². The highest BCUT2D eigenvalue weighted by molar-refractivity contribution is 5.20. The van der Waals surface area contributed by atoms with E-state index in [2.05, 4.69) is 10.2 Å². The number of hydrogen-bond acceptors (Lipinski definition) is 2. The van der Waals surface area contributed by atoms with Crippen molar-refractivity contribution in [2.75, 3.05) is 19.8 Å². The zero-order valence-corrected chi connectivity index (χ0v) is 7.02. The standard InChI is InChI=1S/C9H13FN2/c10-8-1-3-9(4-2-8)12-6-5-11-7-12/h1,3,11H,2,4-7H2. The lowest BCUT2D eigenvalue weighted by atomic mass is 10.1. The summed E-state index contributed by atoms with van der Waals surface area (Å²) >= 11 is 0. The first-order chi connectivity index (χ1) is 5.86. The second kappa shape index (κ2) is 3.27. The topological polar surface area (TPSA) is 15.3 Å². The molecule has 0 bridgehead atoms. The van der Waals surface area contributed by atoms with Gasteiger partial charge in [0.1, 0.15) is 5.83 Å². The molecule has 1 aliphatic heterocycles. The van der Waals surface area contributed by atoms with Crippen molar-refractivity contribution in [2.45, 2.75) is 12.8 Å². The highest BCUT2D eigenvalue weighted by atomic mass is 19.1. The molecule has 2 rings (SSSR count). The molecule has 0 spiro atoms. The Labute approximate surface area is 71.7 Å². The molecule has 66 valence electrons. The Morgan fingerprint density at radius 3 is 2.83 bits per heavy atom. The van der Waals surface area contributed by atoms with Gasteiger partial charge in [0.15, 0.2) is 0 Å². The molecule has 0 aromatic heterocycles. The maximum Gasteiger partial charge on any atom is 0.100 e. The van der Waals surface area contributed by atoms with Crippen LogP contribution < -0.4 is 5.32 Å². The van der Waals surface area contributed by atoms with Gasteiger partial charge < -0.3 is 4.90 Å². The minimum absolute atomic E-state index is 0.00547. The molecule has 3 heteroatoms. The van der Waals surface area contributed by atoms with Gasteiger partial charge in [-0.05, 0) is 18.6 Å². The molecule has 1 heterocycles. The molecule has 1 N–H and O–H groups in total. The largest absolute Gasteiger partial charge is 0.361 e. The van der Waals surface area contributed by atoms with Crippen LogP contribution in [0.2, 0.25) is 0 Å². The van der Waals surface area contributed by atoms with Crippen molar-refractivity contribution in [1.29, 1.82) is 0 Å². The van der Waals surface area contributed by atoms with Crippen molar-refractivity contribution >= 4 is 0 Å². The number of allylic oxidation sites excluding steroid dienone is 4. The molecule has 0 aromatic rings. The molecule has 0 unspecified atom stereocenters. The van der Waals surface area contributed by atoms with Crippen molar-refractivity contribution in [1.82, 2.24) is 10.2 Å². The second-order valence-corrected chi connectivity index (χ2v) is 3.19. The number of hydrogen-bond donors (Lipinski definition) is 1. The SMILES string of the molecule is FC1=CC=C(N2CCNC2)CC1. The Kier molecular flexibility index (Phi) is 2.13. The summed E-state index contributed by atoms with van der Waals surface area (Å²) in [5.74, 6) is 0.00547. The van der Waals surface area contributed by atoms with Crippen LogP contribution in [0.3, 0.4) is 0 Å². The van der Waals surface area contributed by atoms with Gasteiger partial charge in [0.05, 0.1) is 6.67 Å². The fourth-order valence-electron chi connectivity index (χ4n) is 1.62. The van der Waals surface area contributed by atoms with E-state index in [1.807, 2.05) is 6.08 Å². The van der Waals surface area contributed by atoms with Crippen molar-refractivity contribution < 1.29 is 4.39 Å². The van der Waals surface area contributed by atoms with Crippen molar-refractivity contribution in [3.05, 3.63) is 23.7 Å². The Balaban J connectivity index is 2.04. The van der Waals surface area contributed by atoms with E-state index in [1.165, 1.54) is 5.70 Å². The summed E-state index contributed by atoms with van der Waals surface area (Å²) in [6, 6.07) is 0. The van der Waals surface area contributed by atoms with E-state index in [9.17, 15) is 4.39 Å². The zero-order chi connectivity index (χ0) is 8.39. The van der Waals surface area contributed by atoms with Gasteiger partial charge in [-0.2, -0.15) is 0 Å². The number of halogens is 1. The summed E-state index contributed by atoms with van der Waals surface area (Å²) in [7, 11) is 0. The molecule has 2 nitrogen and oxygen atoms in total. The summed E-state index contributed by atoms with van der Waals surface area (Å²) in [5.41, 5.74) is 1.27. The van der Waals surface area contributed by atoms with E-state index in [1.54, 1.807) is 6.08 Å². The first-order valence-electron chi connectivity index (χ1n) is 4.37. The quantitative estimate of drug-likeness (QED) is 0.636. The molecule has 1 aliphatic carbocycles. The van der Waals surface area contributed by atoms with Gasteiger partial charge in [-0.3, -0.25) is 5.32 Å². The number of nitrogens with zero attached hydrogens (tertiary/aromatic N) is 1. The fraction of sp³-hybridized carbons (Fsp3) is 0.556. The van der Waals surface area contributed by atoms with Gasteiger partial charge in [0.25, 0.3) is 0 Å². The van der Waals surface area contributed by atoms with Crippen LogP contribution in [-0.2, 0) is 0 Å². The Hall–Kier alpha value is -0.830. The third-order valence-electron chi connectivity index (χ3n) is 2.34. The predicted molar refractivity (Wildman–Crippen MR) is 46.1 cm³/mol. The van der Waals surface area contributed by atoms with E-state index in [4.69, 9.17) is 0 Å². The van der Waals surface area contributed by atoms with Gasteiger partial charge in [0.2, 0.25) is 0 Å². The van der Waals surface area contributed by atoms with Crippen LogP contribution in [0.1, 0.15) is 12.8 Å². The smallest absolute Gasteiger partial charge is 0.100 e. The Morgan fingerprint density at radius 1 is 1.33 bits per heavy atom.